The van der Waals surface area contributed by atoms with Crippen molar-refractivity contribution in [1.29, 1.82) is 0 Å². The molecule has 0 spiro atoms. The van der Waals surface area contributed by atoms with Gasteiger partial charge in [-0.3, -0.25) is 49.8 Å². The van der Waals surface area contributed by atoms with Crippen molar-refractivity contribution in [3.8, 4) is 186 Å². The van der Waals surface area contributed by atoms with Crippen molar-refractivity contribution >= 4 is 43.2 Å². The fourth-order valence-corrected chi connectivity index (χ4v) is 15.8. The molecule has 23 rings (SSSR count). The number of hydrogen-bond donors (Lipinski definition) is 5. The number of phenolic OH excluding ortho intramolecular Hbond substituents is 5. The van der Waals surface area contributed by atoms with Gasteiger partial charge in [0.25, 0.3) is 0 Å². The number of nitrogens with zero attached hydrogens (tertiary/aromatic N) is 10. The quantitative estimate of drug-likeness (QED) is 0.0387. The molecule has 15 nitrogen and oxygen atoms in total. The molecule has 0 saturated heterocycles. The van der Waals surface area contributed by atoms with Gasteiger partial charge in [0.2, 0.25) is 0 Å². The molecule has 0 saturated carbocycles. The first-order chi connectivity index (χ1) is 67.3. The fourth-order valence-electron chi connectivity index (χ4n) is 15.8. The van der Waals surface area contributed by atoms with Gasteiger partial charge < -0.3 is 25.5 Å². The molecule has 142 heavy (non-hydrogen) atoms. The van der Waals surface area contributed by atoms with Crippen LogP contribution in [0.25, 0.3) is 201 Å². The SMILES string of the molecule is Oc1ccccc1-c1cc(F)cc(-c2[c-]c(-c3ccccn3)ccc2)n1.Oc1ccccc1-c1ccc2ccc3ccc(-c4ccccn4)[c-]c3c2n1.Oc1ccccc1-c1cccc(-c2[c-]c(-c3cc4ccccc4cn3)ccc2)n1.Oc1ccccc1-c1cccc(-c2[c-]c(-c3ccccn3)cc(F)c2)n1.Oc1ccccc1-c1nc(-c2[c-]c(-c3ccccn3)ccc2)cc2ccccc12.[Ni].[Ni].[Ni].[Ni].[Ni]. The maximum atomic E-state index is 14.2. The molecule has 10 heterocycles. The molecule has 0 unspecified atom stereocenters. The van der Waals surface area contributed by atoms with Crippen LogP contribution in [-0.2, 0) is 82.5 Å². The van der Waals surface area contributed by atoms with Crippen LogP contribution < -0.4 is 0 Å². The molecule has 0 aliphatic carbocycles. The predicted octanol–water partition coefficient (Wildman–Crippen LogP) is 28.1. The van der Waals surface area contributed by atoms with E-state index in [9.17, 15) is 34.3 Å². The number of para-hydroxylation sites is 5. The summed E-state index contributed by atoms with van der Waals surface area (Å²) < 4.78 is 28.4. The summed E-state index contributed by atoms with van der Waals surface area (Å²) in [5.41, 5.74) is 21.1. The predicted molar refractivity (Wildman–Crippen MR) is 539 cm³/mol. The Hall–Kier alpha value is -16.3. The normalized spacial score (nSPS) is 10.5. The molecule has 706 valence electrons. The second kappa shape index (κ2) is 47.9. The Kier molecular flexibility index (Phi) is 34.3. The number of benzene rings is 13. The van der Waals surface area contributed by atoms with Crippen molar-refractivity contribution in [3.05, 3.63) is 479 Å². The Morgan fingerprint density at radius 2 is 0.507 bits per heavy atom. The summed E-state index contributed by atoms with van der Waals surface area (Å²) in [6.45, 7) is 0. The van der Waals surface area contributed by atoms with E-state index in [0.717, 1.165) is 133 Å². The van der Waals surface area contributed by atoms with Crippen molar-refractivity contribution < 1.29 is 117 Å². The van der Waals surface area contributed by atoms with Crippen LogP contribution in [0.2, 0.25) is 0 Å². The summed E-state index contributed by atoms with van der Waals surface area (Å²) in [5.74, 6) is 0.0582. The van der Waals surface area contributed by atoms with Gasteiger partial charge in [0.1, 0.15) is 34.6 Å². The van der Waals surface area contributed by atoms with Gasteiger partial charge in [0, 0.05) is 203 Å². The maximum Gasteiger partial charge on any atom is 0.124 e. The van der Waals surface area contributed by atoms with Gasteiger partial charge >= 0.3 is 0 Å². The molecule has 23 aromatic rings. The van der Waals surface area contributed by atoms with E-state index < -0.39 is 5.82 Å². The van der Waals surface area contributed by atoms with Crippen LogP contribution in [0.15, 0.2) is 437 Å². The van der Waals surface area contributed by atoms with Crippen molar-refractivity contribution in [2.75, 3.05) is 0 Å². The molecular weight excluding hydrogens is 1990 g/mol. The summed E-state index contributed by atoms with van der Waals surface area (Å²) in [7, 11) is 0. The van der Waals surface area contributed by atoms with Crippen molar-refractivity contribution in [2.24, 2.45) is 0 Å². The minimum absolute atomic E-state index is 0. The summed E-state index contributed by atoms with van der Waals surface area (Å²) in [5, 5.41) is 58.2. The largest absolute Gasteiger partial charge is 0.507 e. The zero-order chi connectivity index (χ0) is 93.3. The van der Waals surface area contributed by atoms with Crippen LogP contribution in [0, 0.1) is 42.0 Å². The number of fused-ring (bicyclic) bond motifs is 5. The molecule has 13 aromatic carbocycles. The first-order valence-electron chi connectivity index (χ1n) is 43.8. The second-order valence-corrected chi connectivity index (χ2v) is 31.5. The monoisotopic (exact) mass is 2070 g/mol. The Bertz CT molecular complexity index is 8320. The zero-order valence-electron chi connectivity index (χ0n) is 74.6. The van der Waals surface area contributed by atoms with E-state index in [1.807, 2.05) is 249 Å². The van der Waals surface area contributed by atoms with Crippen LogP contribution >= 0.6 is 0 Å². The number of hydrogen-bond acceptors (Lipinski definition) is 15. The third-order valence-electron chi connectivity index (χ3n) is 22.5. The zero-order valence-corrected chi connectivity index (χ0v) is 79.6. The first kappa shape index (κ1) is 102. The number of halogens is 2. The van der Waals surface area contributed by atoms with Gasteiger partial charge in [0.15, 0.2) is 0 Å². The Morgan fingerprint density at radius 3 is 1.00 bits per heavy atom. The van der Waals surface area contributed by atoms with Crippen molar-refractivity contribution in [3.63, 3.8) is 0 Å². The van der Waals surface area contributed by atoms with E-state index in [1.165, 1.54) is 24.3 Å². The summed E-state index contributed by atoms with van der Waals surface area (Å²) in [6, 6.07) is 142. The average Bonchev–Trinajstić information content (AvgIpc) is 0.804. The molecule has 0 aliphatic rings. The van der Waals surface area contributed by atoms with Crippen LogP contribution in [0.5, 0.6) is 28.7 Å². The van der Waals surface area contributed by atoms with E-state index in [-0.39, 0.29) is 117 Å². The Balaban J connectivity index is 0.000000140. The maximum absolute atomic E-state index is 14.2. The van der Waals surface area contributed by atoms with Gasteiger partial charge in [-0.15, -0.1) is 97.1 Å². The average molecular weight is 2070 g/mol. The molecule has 0 radical (unpaired) electrons. The van der Waals surface area contributed by atoms with E-state index in [2.05, 4.69) is 114 Å². The van der Waals surface area contributed by atoms with Crippen LogP contribution in [0.3, 0.4) is 0 Å². The van der Waals surface area contributed by atoms with Crippen molar-refractivity contribution in [1.82, 2.24) is 49.8 Å². The molecule has 10 aromatic heterocycles. The topological polar surface area (TPSA) is 230 Å². The van der Waals surface area contributed by atoms with E-state index >= 15 is 0 Å². The fraction of sp³-hybridized carbons (Fsp3) is 0. The third kappa shape index (κ3) is 24.0. The van der Waals surface area contributed by atoms with E-state index in [1.54, 1.807) is 116 Å². The van der Waals surface area contributed by atoms with Crippen LogP contribution in [0.1, 0.15) is 0 Å². The second-order valence-electron chi connectivity index (χ2n) is 31.5. The molecule has 0 bridgehead atoms. The Morgan fingerprint density at radius 1 is 0.190 bits per heavy atom. The van der Waals surface area contributed by atoms with Gasteiger partial charge in [-0.25, -0.2) is 8.78 Å². The molecule has 0 amide bonds. The van der Waals surface area contributed by atoms with E-state index in [0.29, 0.717) is 67.4 Å². The third-order valence-corrected chi connectivity index (χ3v) is 22.5. The minimum atomic E-state index is -0.426. The molecule has 0 fully saturated rings. The number of aromatic nitrogens is 10. The van der Waals surface area contributed by atoms with Gasteiger partial charge in [-0.1, -0.05) is 285 Å². The van der Waals surface area contributed by atoms with Crippen LogP contribution in [0.4, 0.5) is 8.78 Å². The van der Waals surface area contributed by atoms with Gasteiger partial charge in [-0.05, 0) is 137 Å². The van der Waals surface area contributed by atoms with Crippen molar-refractivity contribution in [2.45, 2.75) is 0 Å². The molecule has 22 heteroatoms. The number of phenols is 5. The van der Waals surface area contributed by atoms with Gasteiger partial charge in [-0.2, -0.15) is 0 Å². The van der Waals surface area contributed by atoms with Crippen LogP contribution in [-0.4, -0.2) is 75.4 Å². The standard InChI is InChI=1S/2C26H17N2O.C24H15N2O.2C22H14FN2O.5Ni/c29-26-14-4-3-11-22(26)24-13-6-12-23(28-24)19-9-5-10-20(15-19)25-16-18-7-1-2-8-21(18)17-27-25;29-25-14-4-3-12-22(25)26-21-11-2-1-8-18(21)17-24(28-26)20-10-7-9-19(16-20)23-13-5-6-15-27-23;27-23-7-2-1-5-19(23)22-13-12-17-10-8-16-9-11-18(15-20(16)24(17)26-22)21-6-3-4-14-25-21;23-17-13-20(25-21(14-17)18-8-1-2-10-22(18)26)16-7-5-6-15(12-16)19-9-3-4-11-24-19;23-17-13-15(19-7-3-4-11-24-19)12-16(14-17)20-8-5-9-21(25-20)18-6-1-2-10-22(18)26;;;;;/h1-14,16-17,29H;1-15,17,29H;1-14,27H;2*1-11,13-14,26H;;;;;/q5*-1;;;;;. The smallest absolute Gasteiger partial charge is 0.124 e. The summed E-state index contributed by atoms with van der Waals surface area (Å²) >= 11 is 0. The Labute approximate surface area is 868 Å². The molecule has 0 atom stereocenters. The molecule has 5 N–H and O–H groups in total. The minimum Gasteiger partial charge on any atom is -0.507 e. The van der Waals surface area contributed by atoms with Gasteiger partial charge in [0.05, 0.1) is 34.3 Å². The van der Waals surface area contributed by atoms with E-state index in [4.69, 9.17) is 15.0 Å². The summed E-state index contributed by atoms with van der Waals surface area (Å²) in [4.78, 5) is 45.6. The molecule has 0 aliphatic heterocycles. The first-order valence-corrected chi connectivity index (χ1v) is 43.8. The number of pyridine rings is 10. The number of rotatable bonds is 14. The molecular formula is C120H77F2N10Ni5O5-5. The summed E-state index contributed by atoms with van der Waals surface area (Å²) in [6.07, 6.45) is 8.82. The number of aromatic hydroxyl groups is 5.